The van der Waals surface area contributed by atoms with Gasteiger partial charge in [0.25, 0.3) is 0 Å². The van der Waals surface area contributed by atoms with Gasteiger partial charge in [-0.1, -0.05) is 74.5 Å². The number of benzene rings is 3. The second kappa shape index (κ2) is 6.60. The molecule has 0 radical (unpaired) electrons. The van der Waals surface area contributed by atoms with Crippen molar-refractivity contribution >= 4 is 23.0 Å². The van der Waals surface area contributed by atoms with E-state index in [1.807, 2.05) is 0 Å². The van der Waals surface area contributed by atoms with E-state index in [0.717, 1.165) is 17.3 Å². The van der Waals surface area contributed by atoms with Crippen LogP contribution in [0.3, 0.4) is 0 Å². The molecule has 0 saturated heterocycles. The van der Waals surface area contributed by atoms with Crippen LogP contribution < -0.4 is 9.80 Å². The van der Waals surface area contributed by atoms with Crippen LogP contribution in [0, 0.1) is 19.3 Å². The molecule has 0 spiro atoms. The van der Waals surface area contributed by atoms with Gasteiger partial charge in [-0.25, -0.2) is 9.97 Å². The Morgan fingerprint density at radius 3 is 2.14 bits per heavy atom. The first-order chi connectivity index (χ1) is 16.9. The predicted molar refractivity (Wildman–Crippen MR) is 142 cm³/mol. The van der Waals surface area contributed by atoms with Crippen molar-refractivity contribution in [1.82, 2.24) is 9.97 Å². The molecule has 35 heavy (non-hydrogen) atoms. The topological polar surface area (TPSA) is 32.3 Å². The monoisotopic (exact) mass is 456 g/mol. The Kier molecular flexibility index (Phi) is 3.86. The van der Waals surface area contributed by atoms with E-state index in [9.17, 15) is 0 Å². The van der Waals surface area contributed by atoms with Crippen LogP contribution in [0.4, 0.5) is 23.0 Å². The summed E-state index contributed by atoms with van der Waals surface area (Å²) in [5, 5.41) is 0. The van der Waals surface area contributed by atoms with Gasteiger partial charge in [-0.15, -0.1) is 0 Å². The Hall–Kier alpha value is -3.92. The fourth-order valence-corrected chi connectivity index (χ4v) is 6.86. The highest BCUT2D eigenvalue weighted by Crippen LogP contribution is 2.77. The summed E-state index contributed by atoms with van der Waals surface area (Å²) >= 11 is 0. The normalized spacial score (nSPS) is 25.6. The zero-order valence-electron chi connectivity index (χ0n) is 20.6. The summed E-state index contributed by atoms with van der Waals surface area (Å²) < 4.78 is 0. The van der Waals surface area contributed by atoms with Crippen molar-refractivity contribution in [1.29, 1.82) is 0 Å². The molecule has 2 aliphatic heterocycles. The zero-order chi connectivity index (χ0) is 24.1. The number of hydrogen-bond donors (Lipinski definition) is 0. The van der Waals surface area contributed by atoms with Crippen molar-refractivity contribution in [3.05, 3.63) is 108 Å². The summed E-state index contributed by atoms with van der Waals surface area (Å²) in [7, 11) is 0. The van der Waals surface area contributed by atoms with Crippen LogP contribution in [0.5, 0.6) is 0 Å². The first kappa shape index (κ1) is 20.5. The summed E-state index contributed by atoms with van der Waals surface area (Å²) in [6.45, 7) is 13.7. The molecule has 3 atom stereocenters. The molecule has 4 aromatic rings. The molecule has 4 heteroatoms. The molecule has 0 amide bonds. The zero-order valence-corrected chi connectivity index (χ0v) is 20.6. The third kappa shape index (κ3) is 2.32. The van der Waals surface area contributed by atoms with Crippen LogP contribution in [0.25, 0.3) is 11.1 Å². The maximum absolute atomic E-state index is 4.88. The van der Waals surface area contributed by atoms with Crippen LogP contribution in [-0.2, 0) is 5.41 Å². The van der Waals surface area contributed by atoms with Gasteiger partial charge >= 0.3 is 0 Å². The van der Waals surface area contributed by atoms with Gasteiger partial charge in [-0.05, 0) is 59.9 Å². The fourth-order valence-electron chi connectivity index (χ4n) is 6.86. The summed E-state index contributed by atoms with van der Waals surface area (Å²) in [4.78, 5) is 14.5. The third-order valence-corrected chi connectivity index (χ3v) is 8.93. The van der Waals surface area contributed by atoms with Crippen molar-refractivity contribution in [2.24, 2.45) is 5.41 Å². The Bertz CT molecular complexity index is 1520. The van der Waals surface area contributed by atoms with Gasteiger partial charge in [0.15, 0.2) is 11.6 Å². The van der Waals surface area contributed by atoms with E-state index in [2.05, 4.69) is 111 Å². The number of aryl methyl sites for hydroxylation is 2. The van der Waals surface area contributed by atoms with E-state index < -0.39 is 0 Å². The maximum Gasteiger partial charge on any atom is 0.178 e. The number of hydrogen-bond acceptors (Lipinski definition) is 4. The lowest BCUT2D eigenvalue weighted by molar-refractivity contribution is 0.376. The van der Waals surface area contributed by atoms with Gasteiger partial charge in [-0.2, -0.15) is 0 Å². The molecule has 4 nitrogen and oxygen atoms in total. The molecular weight excluding hydrogens is 428 g/mol. The van der Waals surface area contributed by atoms with Gasteiger partial charge in [0.05, 0.1) is 0 Å². The highest BCUT2D eigenvalue weighted by Gasteiger charge is 2.76. The van der Waals surface area contributed by atoms with E-state index in [0.29, 0.717) is 0 Å². The minimum atomic E-state index is -0.141. The number of aromatic nitrogens is 2. The first-order valence-electron chi connectivity index (χ1n) is 12.2. The highest BCUT2D eigenvalue weighted by atomic mass is 15.5. The lowest BCUT2D eigenvalue weighted by Gasteiger charge is -2.43. The minimum absolute atomic E-state index is 0.0144. The van der Waals surface area contributed by atoms with Crippen LogP contribution in [0.2, 0.25) is 0 Å². The molecule has 0 N–H and O–H groups in total. The molecule has 3 unspecified atom stereocenters. The van der Waals surface area contributed by atoms with Gasteiger partial charge < -0.3 is 9.80 Å². The molecule has 7 rings (SSSR count). The number of para-hydroxylation sites is 1. The average molecular weight is 457 g/mol. The Morgan fingerprint density at radius 1 is 0.800 bits per heavy atom. The van der Waals surface area contributed by atoms with Crippen molar-refractivity contribution in [2.45, 2.75) is 39.3 Å². The molecular formula is C31H28N4. The van der Waals surface area contributed by atoms with Crippen LogP contribution in [0.15, 0.2) is 91.3 Å². The highest BCUT2D eigenvalue weighted by molar-refractivity contribution is 5.92. The van der Waals surface area contributed by atoms with Crippen molar-refractivity contribution in [3.63, 3.8) is 0 Å². The summed E-state index contributed by atoms with van der Waals surface area (Å²) in [5.41, 5.74) is 9.78. The predicted octanol–water partition coefficient (Wildman–Crippen LogP) is 7.22. The third-order valence-electron chi connectivity index (χ3n) is 8.93. The molecule has 3 aliphatic rings. The number of rotatable bonds is 2. The quantitative estimate of drug-likeness (QED) is 0.298. The summed E-state index contributed by atoms with van der Waals surface area (Å²) in [6, 6.07) is 24.1. The van der Waals surface area contributed by atoms with E-state index in [-0.39, 0.29) is 17.0 Å². The summed E-state index contributed by atoms with van der Waals surface area (Å²) in [5.74, 6) is 1.81. The molecule has 1 aliphatic carbocycles. The lowest BCUT2D eigenvalue weighted by atomic mass is 9.80. The molecule has 0 bridgehead atoms. The van der Waals surface area contributed by atoms with Gasteiger partial charge in [0.1, 0.15) is 6.17 Å². The molecule has 3 heterocycles. The maximum atomic E-state index is 4.88. The van der Waals surface area contributed by atoms with E-state index in [4.69, 9.17) is 9.97 Å². The van der Waals surface area contributed by atoms with Gasteiger partial charge in [-0.3, -0.25) is 0 Å². The van der Waals surface area contributed by atoms with Crippen molar-refractivity contribution < 1.29 is 0 Å². The second-order valence-corrected chi connectivity index (χ2v) is 10.5. The van der Waals surface area contributed by atoms with Crippen molar-refractivity contribution in [3.8, 4) is 11.1 Å². The van der Waals surface area contributed by atoms with Crippen LogP contribution >= 0.6 is 0 Å². The number of anilines is 4. The Morgan fingerprint density at radius 2 is 1.46 bits per heavy atom. The van der Waals surface area contributed by atoms with Crippen LogP contribution in [0.1, 0.15) is 30.5 Å². The molecule has 1 fully saturated rings. The fraction of sp³-hybridized carbons (Fsp3) is 0.226. The van der Waals surface area contributed by atoms with E-state index in [1.54, 1.807) is 12.4 Å². The Labute approximate surface area is 206 Å². The van der Waals surface area contributed by atoms with E-state index in [1.165, 1.54) is 39.1 Å². The van der Waals surface area contributed by atoms with Crippen LogP contribution in [-0.4, -0.2) is 16.1 Å². The van der Waals surface area contributed by atoms with Gasteiger partial charge in [0.2, 0.25) is 0 Å². The number of nitrogens with zero attached hydrogens (tertiary/aromatic N) is 4. The first-order valence-corrected chi connectivity index (χ1v) is 12.2. The molecule has 172 valence electrons. The number of fused-ring (bicyclic) bond motifs is 8. The lowest BCUT2D eigenvalue weighted by Crippen LogP contribution is -2.50. The summed E-state index contributed by atoms with van der Waals surface area (Å²) in [6.07, 6.45) is 3.61. The molecule has 3 aromatic carbocycles. The van der Waals surface area contributed by atoms with Crippen molar-refractivity contribution in [2.75, 3.05) is 9.80 Å². The standard InChI is InChI=1S/C31H28N4/c1-19-10-9-11-20(2)26(19)22-14-15-24-25(18-22)35-28-27(32-16-17-33-28)34(23-12-7-6-8-13-23)29(35)31(5)21(3)30(24,31)4/h6-18,29H,3H2,1-2,4-5H3. The second-order valence-electron chi connectivity index (χ2n) is 10.5. The molecule has 1 aromatic heterocycles. The largest absolute Gasteiger partial charge is 0.301 e. The molecule has 1 saturated carbocycles. The minimum Gasteiger partial charge on any atom is -0.301 e. The smallest absolute Gasteiger partial charge is 0.178 e. The SMILES string of the molecule is C=C1C2(C)c3ccc(-c4c(C)cccc4C)cc3N3c4nccnc4N(c4ccccc4)C3C12C. The Balaban J connectivity index is 1.52. The van der Waals surface area contributed by atoms with E-state index >= 15 is 0 Å². The average Bonchev–Trinajstić information content (AvgIpc) is 3.16. The van der Waals surface area contributed by atoms with Gasteiger partial charge in [0, 0.05) is 34.6 Å².